The standard InChI is InChI=1S/C61H75ClFN11O10/c1-41-39-83-23-19-73(41)58-48-11-12-52(66-56(48)68-61(70-58)74-20-24-84-40-42(74)2)44-8-6-9-45(35-44)59(76)65-15-21-77-25-27-79-29-31-81-33-34-82-32-30-80-28-26-78-22-18-71(3)60-67-55-50(57(69-60)72-16-13-64-14-17-72)38-51(62)53(54(55)63)49-37-46(75)36-43-7-4-5-10-47(43)49/h4-12,35-38,41-42,64,75H,13-34,39-40H2,1-3H3,(H,65,76)/t41-,42-/m1/s1. The van der Waals surface area contributed by atoms with E-state index in [9.17, 15) is 9.90 Å². The van der Waals surface area contributed by atoms with Crippen LogP contribution < -0.4 is 30.2 Å². The first-order valence-corrected chi connectivity index (χ1v) is 29.3. The minimum Gasteiger partial charge on any atom is -0.508 e. The first-order valence-electron chi connectivity index (χ1n) is 28.9. The van der Waals surface area contributed by atoms with E-state index >= 15 is 4.39 Å². The Hall–Kier alpha value is -6.70. The number of carbonyl (C=O) groups is 1. The van der Waals surface area contributed by atoms with Crippen LogP contribution in [0.3, 0.4) is 0 Å². The minimum absolute atomic E-state index is 0.0117. The lowest BCUT2D eigenvalue weighted by Gasteiger charge is -2.37. The largest absolute Gasteiger partial charge is 0.508 e. The Labute approximate surface area is 493 Å². The maximum Gasteiger partial charge on any atom is 0.251 e. The van der Waals surface area contributed by atoms with Crippen molar-refractivity contribution in [3.05, 3.63) is 95.3 Å². The highest BCUT2D eigenvalue weighted by molar-refractivity contribution is 6.35. The lowest BCUT2D eigenvalue weighted by Crippen LogP contribution is -2.46. The number of hydrogen-bond acceptors (Lipinski definition) is 20. The fourth-order valence-electron chi connectivity index (χ4n) is 10.4. The number of phenolic OH excluding ortho intramolecular Hbond substituents is 1. The number of carbonyl (C=O) groups excluding carboxylic acids is 1. The molecule has 448 valence electrons. The summed E-state index contributed by atoms with van der Waals surface area (Å²) in [5.41, 5.74) is 3.43. The molecule has 2 atom stereocenters. The number of likely N-dealkylation sites (N-methyl/N-ethyl adjacent to an activating group) is 1. The van der Waals surface area contributed by atoms with Gasteiger partial charge in [0.25, 0.3) is 5.91 Å². The van der Waals surface area contributed by atoms with Crippen molar-refractivity contribution in [3.63, 3.8) is 0 Å². The van der Waals surface area contributed by atoms with Gasteiger partial charge in [0.1, 0.15) is 22.9 Å². The van der Waals surface area contributed by atoms with Gasteiger partial charge in [-0.05, 0) is 72.6 Å². The van der Waals surface area contributed by atoms with Crippen LogP contribution in [-0.2, 0) is 37.9 Å². The van der Waals surface area contributed by atoms with Crippen LogP contribution in [0.25, 0.3) is 55.1 Å². The first-order chi connectivity index (χ1) is 41.1. The second-order valence-electron chi connectivity index (χ2n) is 20.8. The molecule has 3 aliphatic rings. The molecule has 3 fully saturated rings. The van der Waals surface area contributed by atoms with Gasteiger partial charge in [-0.2, -0.15) is 15.0 Å². The maximum absolute atomic E-state index is 16.9. The van der Waals surface area contributed by atoms with Gasteiger partial charge in [-0.15, -0.1) is 0 Å². The van der Waals surface area contributed by atoms with Crippen LogP contribution in [0.15, 0.2) is 78.9 Å². The van der Waals surface area contributed by atoms with Gasteiger partial charge in [0.05, 0.1) is 134 Å². The predicted octanol–water partition coefficient (Wildman–Crippen LogP) is 6.78. The summed E-state index contributed by atoms with van der Waals surface area (Å²) in [5.74, 6) is 1.67. The van der Waals surface area contributed by atoms with E-state index in [1.54, 1.807) is 18.2 Å². The number of hydrogen-bond donors (Lipinski definition) is 3. The normalized spacial score (nSPS) is 16.8. The highest BCUT2D eigenvalue weighted by Crippen LogP contribution is 2.43. The number of rotatable bonds is 28. The van der Waals surface area contributed by atoms with Crippen LogP contribution in [-0.4, -0.2) is 213 Å². The summed E-state index contributed by atoms with van der Waals surface area (Å²) in [5, 5.41) is 20.0. The van der Waals surface area contributed by atoms with E-state index in [0.29, 0.717) is 184 Å². The fourth-order valence-corrected chi connectivity index (χ4v) is 10.7. The molecule has 3 aliphatic heterocycles. The van der Waals surface area contributed by atoms with E-state index < -0.39 is 5.82 Å². The molecule has 6 heterocycles. The molecular formula is C61H75ClFN11O10. The summed E-state index contributed by atoms with van der Waals surface area (Å²) >= 11 is 6.88. The molecule has 1 amide bonds. The molecule has 0 bridgehead atoms. The number of nitrogens with zero attached hydrogens (tertiary/aromatic N) is 9. The number of morpholine rings is 2. The summed E-state index contributed by atoms with van der Waals surface area (Å²) in [6.45, 7) is 16.6. The second-order valence-corrected chi connectivity index (χ2v) is 21.2. The maximum atomic E-state index is 16.9. The van der Waals surface area contributed by atoms with Crippen molar-refractivity contribution >= 4 is 73.7 Å². The molecule has 0 saturated carbocycles. The molecule has 10 rings (SSSR count). The average Bonchev–Trinajstić information content (AvgIpc) is 1.99. The van der Waals surface area contributed by atoms with Crippen LogP contribution >= 0.6 is 11.6 Å². The number of anilines is 4. The molecule has 4 aromatic carbocycles. The Bertz CT molecular complexity index is 3330. The average molecular weight is 1180 g/mol. The van der Waals surface area contributed by atoms with Crippen molar-refractivity contribution in [1.82, 2.24) is 35.6 Å². The van der Waals surface area contributed by atoms with Gasteiger partial charge in [0, 0.05) is 81.5 Å². The second kappa shape index (κ2) is 29.9. The SMILES string of the molecule is C[C@@H]1COCCN1c1nc(N2CCOC[C@H]2C)c2ccc(-c3cccc(C(=O)NCCOCCOCCOCCOCCOCCOCCN(C)c4nc(N5CCNCC5)c5cc(Cl)c(-c6cc(O)cc7ccccc67)c(F)c5n4)c3)nc2n1. The number of fused-ring (bicyclic) bond motifs is 3. The van der Waals surface area contributed by atoms with Crippen LogP contribution in [0.1, 0.15) is 24.2 Å². The molecule has 7 aromatic rings. The number of pyridine rings is 1. The van der Waals surface area contributed by atoms with Crippen LogP contribution in [0, 0.1) is 5.82 Å². The van der Waals surface area contributed by atoms with E-state index in [0.717, 1.165) is 47.2 Å². The fraction of sp³-hybridized carbons (Fsp3) is 0.475. The predicted molar refractivity (Wildman–Crippen MR) is 323 cm³/mol. The zero-order valence-electron chi connectivity index (χ0n) is 48.0. The van der Waals surface area contributed by atoms with E-state index in [4.69, 9.17) is 74.4 Å². The third-order valence-electron chi connectivity index (χ3n) is 14.9. The van der Waals surface area contributed by atoms with Crippen molar-refractivity contribution in [2.75, 3.05) is 185 Å². The van der Waals surface area contributed by atoms with Crippen LogP contribution in [0.2, 0.25) is 5.02 Å². The van der Waals surface area contributed by atoms with Crippen molar-refractivity contribution in [2.45, 2.75) is 25.9 Å². The Morgan fingerprint density at radius 2 is 1.36 bits per heavy atom. The number of benzene rings is 4. The van der Waals surface area contributed by atoms with E-state index in [1.165, 1.54) is 6.07 Å². The number of piperazine rings is 1. The van der Waals surface area contributed by atoms with Crippen molar-refractivity contribution in [2.24, 2.45) is 0 Å². The molecule has 0 radical (unpaired) electrons. The lowest BCUT2D eigenvalue weighted by atomic mass is 9.96. The van der Waals surface area contributed by atoms with Gasteiger partial charge < -0.3 is 73.2 Å². The highest BCUT2D eigenvalue weighted by atomic mass is 35.5. The molecule has 3 saturated heterocycles. The van der Waals surface area contributed by atoms with E-state index in [1.807, 2.05) is 66.5 Å². The number of amides is 1. The Morgan fingerprint density at radius 3 is 2.05 bits per heavy atom. The molecule has 3 N–H and O–H groups in total. The summed E-state index contributed by atoms with van der Waals surface area (Å²) in [4.78, 5) is 46.4. The quantitative estimate of drug-likeness (QED) is 0.0432. The summed E-state index contributed by atoms with van der Waals surface area (Å²) in [6, 6.07) is 24.1. The Balaban J connectivity index is 0.573. The zero-order chi connectivity index (χ0) is 58.2. The monoisotopic (exact) mass is 1180 g/mol. The molecular weight excluding hydrogens is 1100 g/mol. The molecule has 0 unspecified atom stereocenters. The van der Waals surface area contributed by atoms with Crippen LogP contribution in [0.5, 0.6) is 5.75 Å². The third kappa shape index (κ3) is 15.2. The van der Waals surface area contributed by atoms with Gasteiger partial charge in [0.2, 0.25) is 11.9 Å². The number of aromatic hydroxyl groups is 1. The number of ether oxygens (including phenoxy) is 8. The summed E-state index contributed by atoms with van der Waals surface area (Å²) < 4.78 is 62.5. The minimum atomic E-state index is -0.580. The smallest absolute Gasteiger partial charge is 0.251 e. The molecule has 23 heteroatoms. The van der Waals surface area contributed by atoms with Crippen LogP contribution in [0.4, 0.5) is 27.9 Å². The summed E-state index contributed by atoms with van der Waals surface area (Å²) in [7, 11) is 1.85. The van der Waals surface area contributed by atoms with Gasteiger partial charge in [-0.1, -0.05) is 48.0 Å². The molecule has 84 heavy (non-hydrogen) atoms. The van der Waals surface area contributed by atoms with Gasteiger partial charge in [0.15, 0.2) is 11.5 Å². The molecule has 0 spiro atoms. The summed E-state index contributed by atoms with van der Waals surface area (Å²) in [6.07, 6.45) is 0. The topological polar surface area (TPSA) is 213 Å². The Morgan fingerprint density at radius 1 is 0.702 bits per heavy atom. The Kier molecular flexibility index (Phi) is 21.5. The molecule has 3 aromatic heterocycles. The van der Waals surface area contributed by atoms with E-state index in [2.05, 4.69) is 39.2 Å². The molecule has 21 nitrogen and oxygen atoms in total. The van der Waals surface area contributed by atoms with Gasteiger partial charge in [-0.25, -0.2) is 14.4 Å². The van der Waals surface area contributed by atoms with Gasteiger partial charge in [-0.3, -0.25) is 4.79 Å². The first kappa shape index (κ1) is 60.4. The zero-order valence-corrected chi connectivity index (χ0v) is 48.8. The number of aromatic nitrogens is 5. The van der Waals surface area contributed by atoms with Crippen molar-refractivity contribution in [1.29, 1.82) is 0 Å². The van der Waals surface area contributed by atoms with Crippen molar-refractivity contribution < 1.29 is 52.2 Å². The number of nitrogens with one attached hydrogen (secondary N) is 2. The van der Waals surface area contributed by atoms with E-state index in [-0.39, 0.29) is 39.8 Å². The highest BCUT2D eigenvalue weighted by Gasteiger charge is 2.29. The third-order valence-corrected chi connectivity index (χ3v) is 15.2. The number of phenols is 1. The number of halogens is 2. The molecule has 0 aliphatic carbocycles. The van der Waals surface area contributed by atoms with Crippen molar-refractivity contribution in [3.8, 4) is 28.1 Å². The van der Waals surface area contributed by atoms with Gasteiger partial charge >= 0.3 is 0 Å². The lowest BCUT2D eigenvalue weighted by molar-refractivity contribution is -0.0162.